The number of fused-ring (bicyclic) bond motifs is 1. The Morgan fingerprint density at radius 3 is 3.00 bits per heavy atom. The van der Waals surface area contributed by atoms with E-state index in [9.17, 15) is 4.79 Å². The van der Waals surface area contributed by atoms with E-state index in [4.69, 9.17) is 0 Å². The molecule has 80 valence electrons. The molecule has 0 fully saturated rings. The van der Waals surface area contributed by atoms with Crippen LogP contribution in [-0.4, -0.2) is 26.9 Å². The minimum absolute atomic E-state index is 0.000460. The van der Waals surface area contributed by atoms with E-state index in [0.29, 0.717) is 6.54 Å². The average Bonchev–Trinajstić information content (AvgIpc) is 2.54. The van der Waals surface area contributed by atoms with Gasteiger partial charge in [-0.25, -0.2) is 4.98 Å². The molecule has 0 saturated heterocycles. The highest BCUT2D eigenvalue weighted by Gasteiger charge is 2.23. The van der Waals surface area contributed by atoms with Gasteiger partial charge in [0.2, 0.25) is 5.91 Å². The Morgan fingerprint density at radius 2 is 2.33 bits per heavy atom. The van der Waals surface area contributed by atoms with Gasteiger partial charge >= 0.3 is 0 Å². The molecule has 0 aromatic carbocycles. The zero-order chi connectivity index (χ0) is 11.0. The molecule has 1 aromatic heterocycles. The van der Waals surface area contributed by atoms with Crippen LogP contribution in [0.15, 0.2) is 12.7 Å². The standard InChI is InChI=1S/C11H15N3O/c1-4-11(15)14-6-5-9-10(7-14)13(3)8(2)12-9/h4H,1,5-7H2,2-3H3. The fourth-order valence-corrected chi connectivity index (χ4v) is 1.94. The first-order chi connectivity index (χ1) is 7.13. The van der Waals surface area contributed by atoms with Gasteiger partial charge in [0.15, 0.2) is 0 Å². The van der Waals surface area contributed by atoms with E-state index in [1.165, 1.54) is 6.08 Å². The second kappa shape index (κ2) is 3.53. The van der Waals surface area contributed by atoms with Crippen molar-refractivity contribution in [3.8, 4) is 0 Å². The molecule has 0 saturated carbocycles. The number of aryl methyl sites for hydroxylation is 1. The van der Waals surface area contributed by atoms with Crippen LogP contribution in [0.3, 0.4) is 0 Å². The molecule has 0 N–H and O–H groups in total. The van der Waals surface area contributed by atoms with Gasteiger partial charge < -0.3 is 9.47 Å². The smallest absolute Gasteiger partial charge is 0.246 e. The van der Waals surface area contributed by atoms with Crippen molar-refractivity contribution in [2.24, 2.45) is 7.05 Å². The third kappa shape index (κ3) is 1.56. The minimum Gasteiger partial charge on any atom is -0.334 e. The molecule has 2 heterocycles. The number of hydrogen-bond donors (Lipinski definition) is 0. The zero-order valence-corrected chi connectivity index (χ0v) is 9.16. The Bertz CT molecular complexity index is 420. The Balaban J connectivity index is 2.29. The van der Waals surface area contributed by atoms with Gasteiger partial charge in [-0.3, -0.25) is 4.79 Å². The summed E-state index contributed by atoms with van der Waals surface area (Å²) in [6.45, 7) is 6.88. The average molecular weight is 205 g/mol. The van der Waals surface area contributed by atoms with Crippen molar-refractivity contribution in [1.82, 2.24) is 14.5 Å². The summed E-state index contributed by atoms with van der Waals surface area (Å²) >= 11 is 0. The summed E-state index contributed by atoms with van der Waals surface area (Å²) in [6.07, 6.45) is 2.21. The second-order valence-electron chi connectivity index (χ2n) is 3.83. The van der Waals surface area contributed by atoms with Crippen LogP contribution in [0.25, 0.3) is 0 Å². The second-order valence-corrected chi connectivity index (χ2v) is 3.83. The summed E-state index contributed by atoms with van der Waals surface area (Å²) < 4.78 is 2.05. The highest BCUT2D eigenvalue weighted by Crippen LogP contribution is 2.19. The number of imidazole rings is 1. The van der Waals surface area contributed by atoms with Gasteiger partial charge in [-0.2, -0.15) is 0 Å². The maximum Gasteiger partial charge on any atom is 0.246 e. The quantitative estimate of drug-likeness (QED) is 0.636. The van der Waals surface area contributed by atoms with Crippen molar-refractivity contribution >= 4 is 5.91 Å². The first-order valence-electron chi connectivity index (χ1n) is 5.06. The molecule has 0 unspecified atom stereocenters. The molecule has 0 atom stereocenters. The Kier molecular flexibility index (Phi) is 2.34. The molecule has 0 radical (unpaired) electrons. The number of aromatic nitrogens is 2. The Morgan fingerprint density at radius 1 is 1.60 bits per heavy atom. The van der Waals surface area contributed by atoms with E-state index in [-0.39, 0.29) is 5.91 Å². The normalized spacial score (nSPS) is 14.9. The first kappa shape index (κ1) is 9.96. The van der Waals surface area contributed by atoms with Crippen molar-refractivity contribution in [2.45, 2.75) is 19.9 Å². The van der Waals surface area contributed by atoms with Gasteiger partial charge in [0.1, 0.15) is 5.82 Å². The van der Waals surface area contributed by atoms with Gasteiger partial charge in [-0.05, 0) is 13.0 Å². The number of carbonyl (C=O) groups excluding carboxylic acids is 1. The number of amides is 1. The summed E-state index contributed by atoms with van der Waals surface area (Å²) in [7, 11) is 1.99. The van der Waals surface area contributed by atoms with Gasteiger partial charge in [0, 0.05) is 20.0 Å². The molecule has 0 spiro atoms. The van der Waals surface area contributed by atoms with Gasteiger partial charge in [0.05, 0.1) is 17.9 Å². The lowest BCUT2D eigenvalue weighted by Crippen LogP contribution is -2.35. The minimum atomic E-state index is -0.000460. The van der Waals surface area contributed by atoms with Crippen LogP contribution in [0.4, 0.5) is 0 Å². The van der Waals surface area contributed by atoms with Gasteiger partial charge in [-0.1, -0.05) is 6.58 Å². The number of carbonyl (C=O) groups is 1. The summed E-state index contributed by atoms with van der Waals surface area (Å²) in [4.78, 5) is 17.7. The van der Waals surface area contributed by atoms with E-state index in [2.05, 4.69) is 16.1 Å². The van der Waals surface area contributed by atoms with Crippen molar-refractivity contribution in [2.75, 3.05) is 6.54 Å². The highest BCUT2D eigenvalue weighted by atomic mass is 16.2. The molecule has 1 aliphatic rings. The fourth-order valence-electron chi connectivity index (χ4n) is 1.94. The van der Waals surface area contributed by atoms with Crippen molar-refractivity contribution in [1.29, 1.82) is 0 Å². The molecule has 0 bridgehead atoms. The fraction of sp³-hybridized carbons (Fsp3) is 0.455. The van der Waals surface area contributed by atoms with E-state index in [0.717, 1.165) is 30.2 Å². The predicted molar refractivity (Wildman–Crippen MR) is 57.3 cm³/mol. The molecule has 15 heavy (non-hydrogen) atoms. The Labute approximate surface area is 89.2 Å². The lowest BCUT2D eigenvalue weighted by atomic mass is 10.1. The topological polar surface area (TPSA) is 38.1 Å². The molecule has 1 aromatic rings. The SMILES string of the molecule is C=CC(=O)N1CCc2nc(C)n(C)c2C1. The van der Waals surface area contributed by atoms with Crippen LogP contribution < -0.4 is 0 Å². The molecule has 4 nitrogen and oxygen atoms in total. The van der Waals surface area contributed by atoms with Crippen LogP contribution in [0.2, 0.25) is 0 Å². The third-order valence-corrected chi connectivity index (χ3v) is 2.97. The van der Waals surface area contributed by atoms with E-state index in [1.807, 2.05) is 14.0 Å². The van der Waals surface area contributed by atoms with Crippen molar-refractivity contribution in [3.63, 3.8) is 0 Å². The number of hydrogen-bond acceptors (Lipinski definition) is 2. The third-order valence-electron chi connectivity index (χ3n) is 2.97. The first-order valence-corrected chi connectivity index (χ1v) is 5.06. The molecule has 2 rings (SSSR count). The predicted octanol–water partition coefficient (Wildman–Crippen LogP) is 0.799. The van der Waals surface area contributed by atoms with Crippen LogP contribution in [0.5, 0.6) is 0 Å². The summed E-state index contributed by atoms with van der Waals surface area (Å²) in [5, 5.41) is 0. The maximum atomic E-state index is 11.5. The lowest BCUT2D eigenvalue weighted by molar-refractivity contribution is -0.126. The van der Waals surface area contributed by atoms with Crippen LogP contribution in [-0.2, 0) is 24.8 Å². The van der Waals surface area contributed by atoms with Crippen LogP contribution >= 0.6 is 0 Å². The van der Waals surface area contributed by atoms with E-state index >= 15 is 0 Å². The van der Waals surface area contributed by atoms with Crippen LogP contribution in [0.1, 0.15) is 17.2 Å². The van der Waals surface area contributed by atoms with Crippen molar-refractivity contribution < 1.29 is 4.79 Å². The lowest BCUT2D eigenvalue weighted by Gasteiger charge is -2.25. The molecular weight excluding hydrogens is 190 g/mol. The summed E-state index contributed by atoms with van der Waals surface area (Å²) in [6, 6.07) is 0. The molecule has 0 aliphatic carbocycles. The van der Waals surface area contributed by atoms with Crippen LogP contribution in [0, 0.1) is 6.92 Å². The largest absolute Gasteiger partial charge is 0.334 e. The number of rotatable bonds is 1. The van der Waals surface area contributed by atoms with Gasteiger partial charge in [-0.15, -0.1) is 0 Å². The summed E-state index contributed by atoms with van der Waals surface area (Å²) in [5.41, 5.74) is 2.28. The van der Waals surface area contributed by atoms with E-state index < -0.39 is 0 Å². The molecule has 1 amide bonds. The molecule has 1 aliphatic heterocycles. The number of nitrogens with zero attached hydrogens (tertiary/aromatic N) is 3. The highest BCUT2D eigenvalue weighted by molar-refractivity contribution is 5.87. The van der Waals surface area contributed by atoms with Gasteiger partial charge in [0.25, 0.3) is 0 Å². The monoisotopic (exact) mass is 205 g/mol. The Hall–Kier alpha value is -1.58. The summed E-state index contributed by atoms with van der Waals surface area (Å²) in [5.74, 6) is 1.01. The molecule has 4 heteroatoms. The zero-order valence-electron chi connectivity index (χ0n) is 9.16. The maximum absolute atomic E-state index is 11.5. The van der Waals surface area contributed by atoms with Crippen molar-refractivity contribution in [3.05, 3.63) is 29.9 Å². The van der Waals surface area contributed by atoms with E-state index in [1.54, 1.807) is 4.90 Å². The molecular formula is C11H15N3O.